The zero-order valence-corrected chi connectivity index (χ0v) is 13.6. The number of carbonyl (C=O) groups is 1. The van der Waals surface area contributed by atoms with Gasteiger partial charge in [-0.1, -0.05) is 30.3 Å². The van der Waals surface area contributed by atoms with Gasteiger partial charge in [0.25, 0.3) is 0 Å². The maximum atomic E-state index is 12.8. The molecule has 24 heavy (non-hydrogen) atoms. The van der Waals surface area contributed by atoms with Gasteiger partial charge in [-0.25, -0.2) is 0 Å². The molecule has 3 aromatic rings. The fraction of sp³-hybridized carbons (Fsp3) is 0.294. The Bertz CT molecular complexity index is 882. The molecule has 0 saturated heterocycles. The van der Waals surface area contributed by atoms with Crippen LogP contribution in [-0.2, 0) is 24.8 Å². The van der Waals surface area contributed by atoms with Crippen molar-refractivity contribution in [2.24, 2.45) is 7.05 Å². The molecule has 0 saturated carbocycles. The predicted molar refractivity (Wildman–Crippen MR) is 87.9 cm³/mol. The number of rotatable bonds is 3. The van der Waals surface area contributed by atoms with Crippen molar-refractivity contribution in [2.45, 2.75) is 19.0 Å². The first kappa shape index (κ1) is 14.6. The van der Waals surface area contributed by atoms with E-state index < -0.39 is 0 Å². The largest absolute Gasteiger partial charge is 0.336 e. The first-order chi connectivity index (χ1) is 11.6. The molecule has 1 aliphatic heterocycles. The molecule has 0 fully saturated rings. The molecule has 122 valence electrons. The lowest BCUT2D eigenvalue weighted by Gasteiger charge is -2.31. The van der Waals surface area contributed by atoms with E-state index in [1.54, 1.807) is 16.6 Å². The van der Waals surface area contributed by atoms with Crippen LogP contribution in [0.25, 0.3) is 11.5 Å². The van der Waals surface area contributed by atoms with E-state index in [4.69, 9.17) is 0 Å². The van der Waals surface area contributed by atoms with Gasteiger partial charge in [0.1, 0.15) is 11.7 Å². The van der Waals surface area contributed by atoms with E-state index in [9.17, 15) is 4.79 Å². The summed E-state index contributed by atoms with van der Waals surface area (Å²) in [6.45, 7) is 0.462. The Morgan fingerprint density at radius 3 is 2.62 bits per heavy atom. The molecule has 1 aliphatic rings. The van der Waals surface area contributed by atoms with Crippen LogP contribution in [0, 0.1) is 0 Å². The number of carbonyl (C=O) groups excluding carboxylic acids is 1. The summed E-state index contributed by atoms with van der Waals surface area (Å²) in [5, 5.41) is 13.0. The van der Waals surface area contributed by atoms with Gasteiger partial charge in [0, 0.05) is 26.7 Å². The maximum absolute atomic E-state index is 12.8. The molecule has 1 aromatic carbocycles. The highest BCUT2D eigenvalue weighted by Crippen LogP contribution is 2.29. The van der Waals surface area contributed by atoms with Crippen LogP contribution in [0.5, 0.6) is 0 Å². The van der Waals surface area contributed by atoms with Crippen LogP contribution in [0.15, 0.2) is 42.6 Å². The number of likely N-dealkylation sites (N-methyl/N-ethyl adjacent to an activating group) is 1. The van der Waals surface area contributed by atoms with Crippen LogP contribution >= 0.6 is 0 Å². The van der Waals surface area contributed by atoms with Crippen molar-refractivity contribution < 1.29 is 4.79 Å². The highest BCUT2D eigenvalue weighted by Gasteiger charge is 2.35. The Labute approximate surface area is 139 Å². The fourth-order valence-electron chi connectivity index (χ4n) is 3.14. The van der Waals surface area contributed by atoms with Crippen LogP contribution in [0.4, 0.5) is 0 Å². The van der Waals surface area contributed by atoms with E-state index in [1.165, 1.54) is 0 Å². The lowest BCUT2D eigenvalue weighted by molar-refractivity contribution is -0.135. The molecule has 1 atom stereocenters. The zero-order valence-electron chi connectivity index (χ0n) is 13.6. The highest BCUT2D eigenvalue weighted by atomic mass is 16.2. The lowest BCUT2D eigenvalue weighted by atomic mass is 10.0. The minimum Gasteiger partial charge on any atom is -0.336 e. The van der Waals surface area contributed by atoms with Crippen molar-refractivity contribution in [3.63, 3.8) is 0 Å². The van der Waals surface area contributed by atoms with Gasteiger partial charge in [-0.2, -0.15) is 5.10 Å². The van der Waals surface area contributed by atoms with Crippen molar-refractivity contribution in [1.82, 2.24) is 29.4 Å². The summed E-state index contributed by atoms with van der Waals surface area (Å²) in [6, 6.07) is 11.5. The van der Waals surface area contributed by atoms with E-state index in [2.05, 4.69) is 15.3 Å². The fourth-order valence-corrected chi connectivity index (χ4v) is 3.14. The normalized spacial score (nSPS) is 17.2. The molecule has 0 aliphatic carbocycles. The first-order valence-corrected chi connectivity index (χ1v) is 7.86. The van der Waals surface area contributed by atoms with E-state index in [0.717, 1.165) is 17.1 Å². The topological polar surface area (TPSA) is 68.8 Å². The summed E-state index contributed by atoms with van der Waals surface area (Å²) < 4.78 is 3.66. The van der Waals surface area contributed by atoms with Gasteiger partial charge in [0.15, 0.2) is 11.6 Å². The van der Waals surface area contributed by atoms with Crippen LogP contribution in [0.2, 0.25) is 0 Å². The third kappa shape index (κ3) is 2.38. The van der Waals surface area contributed by atoms with E-state index in [1.807, 2.05) is 54.2 Å². The van der Waals surface area contributed by atoms with Gasteiger partial charge in [0.2, 0.25) is 5.91 Å². The summed E-state index contributed by atoms with van der Waals surface area (Å²) in [7, 11) is 3.66. The van der Waals surface area contributed by atoms with Crippen molar-refractivity contribution in [2.75, 3.05) is 7.05 Å². The molecule has 0 unspecified atom stereocenters. The quantitative estimate of drug-likeness (QED) is 0.731. The number of aromatic nitrogens is 5. The molecule has 7 heteroatoms. The number of aryl methyl sites for hydroxylation is 1. The Kier molecular flexibility index (Phi) is 3.41. The van der Waals surface area contributed by atoms with Gasteiger partial charge in [0.05, 0.1) is 6.54 Å². The standard InChI is InChI=1S/C17H18N6O/c1-21-11-15-18-19-16(13-8-9-22(2)20-13)23(15)14(17(21)24)10-12-6-4-3-5-7-12/h3-9,14H,10-11H2,1-2H3/t14-/m0/s1. The van der Waals surface area contributed by atoms with Crippen LogP contribution in [-0.4, -0.2) is 42.4 Å². The summed E-state index contributed by atoms with van der Waals surface area (Å²) >= 11 is 0. The molecular formula is C17H18N6O. The molecule has 3 heterocycles. The molecule has 1 amide bonds. The van der Waals surface area contributed by atoms with Crippen LogP contribution in [0.1, 0.15) is 17.4 Å². The first-order valence-electron chi connectivity index (χ1n) is 7.86. The molecular weight excluding hydrogens is 304 g/mol. The van der Waals surface area contributed by atoms with Crippen LogP contribution < -0.4 is 0 Å². The number of benzene rings is 1. The van der Waals surface area contributed by atoms with Gasteiger partial charge in [-0.05, 0) is 11.6 Å². The molecule has 0 bridgehead atoms. The van der Waals surface area contributed by atoms with E-state index in [-0.39, 0.29) is 11.9 Å². The summed E-state index contributed by atoms with van der Waals surface area (Å²) in [4.78, 5) is 14.5. The number of hydrogen-bond donors (Lipinski definition) is 0. The zero-order chi connectivity index (χ0) is 16.7. The third-order valence-corrected chi connectivity index (χ3v) is 4.33. The van der Waals surface area contributed by atoms with Crippen LogP contribution in [0.3, 0.4) is 0 Å². The smallest absolute Gasteiger partial charge is 0.246 e. The van der Waals surface area contributed by atoms with Crippen molar-refractivity contribution in [1.29, 1.82) is 0 Å². The maximum Gasteiger partial charge on any atom is 0.246 e. The second kappa shape index (κ2) is 5.59. The highest BCUT2D eigenvalue weighted by molar-refractivity contribution is 5.82. The molecule has 7 nitrogen and oxygen atoms in total. The monoisotopic (exact) mass is 322 g/mol. The van der Waals surface area contributed by atoms with Crippen molar-refractivity contribution in [3.8, 4) is 11.5 Å². The molecule has 0 spiro atoms. The SMILES string of the molecule is CN1Cc2nnc(-c3ccn(C)n3)n2[C@@H](Cc2ccccc2)C1=O. The van der Waals surface area contributed by atoms with E-state index in [0.29, 0.717) is 18.8 Å². The van der Waals surface area contributed by atoms with E-state index >= 15 is 0 Å². The van der Waals surface area contributed by atoms with Gasteiger partial charge >= 0.3 is 0 Å². The second-order valence-corrected chi connectivity index (χ2v) is 6.08. The minimum atomic E-state index is -0.354. The Morgan fingerprint density at radius 1 is 1.12 bits per heavy atom. The number of hydrogen-bond acceptors (Lipinski definition) is 4. The van der Waals surface area contributed by atoms with Gasteiger partial charge in [-0.15, -0.1) is 10.2 Å². The molecule has 0 N–H and O–H groups in total. The third-order valence-electron chi connectivity index (χ3n) is 4.33. The molecule has 2 aromatic heterocycles. The average molecular weight is 322 g/mol. The number of amides is 1. The average Bonchev–Trinajstić information content (AvgIpc) is 3.18. The van der Waals surface area contributed by atoms with Gasteiger partial charge < -0.3 is 4.90 Å². The second-order valence-electron chi connectivity index (χ2n) is 6.08. The Hall–Kier alpha value is -2.96. The molecule has 0 radical (unpaired) electrons. The van der Waals surface area contributed by atoms with Crippen molar-refractivity contribution in [3.05, 3.63) is 54.0 Å². The number of nitrogens with zero attached hydrogens (tertiary/aromatic N) is 6. The molecule has 4 rings (SSSR count). The predicted octanol–water partition coefficient (Wildman–Crippen LogP) is 1.43. The lowest BCUT2D eigenvalue weighted by Crippen LogP contribution is -2.41. The Balaban J connectivity index is 1.80. The number of fused-ring (bicyclic) bond motifs is 1. The van der Waals surface area contributed by atoms with Crippen molar-refractivity contribution >= 4 is 5.91 Å². The summed E-state index contributed by atoms with van der Waals surface area (Å²) in [6.07, 6.45) is 2.47. The summed E-state index contributed by atoms with van der Waals surface area (Å²) in [5.41, 5.74) is 1.84. The van der Waals surface area contributed by atoms with Gasteiger partial charge in [-0.3, -0.25) is 14.0 Å². The Morgan fingerprint density at radius 2 is 1.92 bits per heavy atom. The summed E-state index contributed by atoms with van der Waals surface area (Å²) in [5.74, 6) is 1.51. The minimum absolute atomic E-state index is 0.0725.